The maximum absolute atomic E-state index is 12.7. The number of benzene rings is 2. The summed E-state index contributed by atoms with van der Waals surface area (Å²) in [5.41, 5.74) is 4.04. The minimum absolute atomic E-state index is 0.0772. The molecule has 0 aliphatic heterocycles. The van der Waals surface area contributed by atoms with Crippen LogP contribution in [0.3, 0.4) is 0 Å². The number of fused-ring (bicyclic) bond motifs is 2. The Labute approximate surface area is 169 Å². The minimum atomic E-state index is -0.0772. The fourth-order valence-corrected chi connectivity index (χ4v) is 3.59. The van der Waals surface area contributed by atoms with Crippen LogP contribution >= 0.6 is 0 Å². The molecule has 7 nitrogen and oxygen atoms in total. The average molecular weight is 390 g/mol. The molecule has 2 aromatic heterocycles. The Morgan fingerprint density at radius 1 is 1.17 bits per heavy atom. The molecule has 3 N–H and O–H groups in total. The third kappa shape index (κ3) is 3.86. The second-order valence-corrected chi connectivity index (χ2v) is 7.55. The Hall–Kier alpha value is -3.19. The van der Waals surface area contributed by atoms with Crippen molar-refractivity contribution in [3.8, 4) is 11.5 Å². The number of carbonyl (C=O) groups excluding carboxylic acids is 1. The van der Waals surface area contributed by atoms with E-state index in [1.165, 1.54) is 0 Å². The summed E-state index contributed by atoms with van der Waals surface area (Å²) in [5.74, 6) is 0.609. The largest absolute Gasteiger partial charge is 0.350 e. The molecule has 0 saturated carbocycles. The first-order chi connectivity index (χ1) is 14.1. The number of hydrogen-bond acceptors (Lipinski definition) is 4. The van der Waals surface area contributed by atoms with Crippen LogP contribution in [-0.2, 0) is 0 Å². The van der Waals surface area contributed by atoms with E-state index >= 15 is 0 Å². The highest BCUT2D eigenvalue weighted by Gasteiger charge is 2.16. The summed E-state index contributed by atoms with van der Waals surface area (Å²) in [5, 5.41) is 11.4. The van der Waals surface area contributed by atoms with Crippen molar-refractivity contribution in [2.45, 2.75) is 25.8 Å². The van der Waals surface area contributed by atoms with Gasteiger partial charge in [-0.05, 0) is 50.8 Å². The Kier molecular flexibility index (Phi) is 5.31. The van der Waals surface area contributed by atoms with Crippen molar-refractivity contribution in [2.75, 3.05) is 20.6 Å². The fourth-order valence-electron chi connectivity index (χ4n) is 3.59. The highest BCUT2D eigenvalue weighted by Crippen LogP contribution is 2.27. The lowest BCUT2D eigenvalue weighted by molar-refractivity contribution is 0.0940. The molecule has 4 aromatic rings. The van der Waals surface area contributed by atoms with Crippen molar-refractivity contribution in [2.24, 2.45) is 0 Å². The number of imidazole rings is 1. The van der Waals surface area contributed by atoms with Gasteiger partial charge in [0.1, 0.15) is 5.69 Å². The van der Waals surface area contributed by atoms with Crippen LogP contribution in [0.25, 0.3) is 33.5 Å². The monoisotopic (exact) mass is 390 g/mol. The van der Waals surface area contributed by atoms with Gasteiger partial charge in [0.15, 0.2) is 5.82 Å². The summed E-state index contributed by atoms with van der Waals surface area (Å²) in [4.78, 5) is 22.8. The number of para-hydroxylation sites is 2. The molecule has 7 heteroatoms. The molecule has 0 bridgehead atoms. The minimum Gasteiger partial charge on any atom is -0.350 e. The number of nitrogens with one attached hydrogen (secondary N) is 3. The van der Waals surface area contributed by atoms with Crippen molar-refractivity contribution < 1.29 is 4.79 Å². The number of rotatable bonds is 7. The van der Waals surface area contributed by atoms with E-state index in [0.29, 0.717) is 29.7 Å². The molecule has 0 aliphatic carbocycles. The molecule has 2 aromatic carbocycles. The van der Waals surface area contributed by atoms with Crippen molar-refractivity contribution in [1.29, 1.82) is 0 Å². The van der Waals surface area contributed by atoms with Gasteiger partial charge in [0.2, 0.25) is 0 Å². The van der Waals surface area contributed by atoms with Crippen LogP contribution < -0.4 is 5.32 Å². The highest BCUT2D eigenvalue weighted by molar-refractivity contribution is 6.01. The van der Waals surface area contributed by atoms with E-state index in [1.807, 2.05) is 56.6 Å². The Balaban J connectivity index is 1.60. The van der Waals surface area contributed by atoms with Gasteiger partial charge in [-0.25, -0.2) is 4.98 Å². The maximum Gasteiger partial charge on any atom is 0.251 e. The van der Waals surface area contributed by atoms with Gasteiger partial charge in [-0.3, -0.25) is 9.89 Å². The molecule has 1 atom stereocenters. The molecule has 1 unspecified atom stereocenters. The maximum atomic E-state index is 12.7. The zero-order valence-electron chi connectivity index (χ0n) is 17.0. The van der Waals surface area contributed by atoms with E-state index in [4.69, 9.17) is 0 Å². The van der Waals surface area contributed by atoms with Gasteiger partial charge >= 0.3 is 0 Å². The highest BCUT2D eigenvalue weighted by atomic mass is 16.1. The van der Waals surface area contributed by atoms with Crippen LogP contribution in [0.15, 0.2) is 42.5 Å². The topological polar surface area (TPSA) is 89.7 Å². The van der Waals surface area contributed by atoms with Crippen LogP contribution in [-0.4, -0.2) is 57.7 Å². The molecular formula is C22H26N6O. The van der Waals surface area contributed by atoms with Crippen LogP contribution in [0, 0.1) is 0 Å². The zero-order valence-corrected chi connectivity index (χ0v) is 17.0. The number of hydrogen-bond donors (Lipinski definition) is 3. The standard InChI is InChI=1S/C22H26N6O/c1-4-7-15(28(2)3)13-23-22(29)14-10-11-17-16(12-14)20(27-26-17)21-24-18-8-5-6-9-19(18)25-21/h5-6,8-12,15H,4,7,13H2,1-3H3,(H,23,29)(H,24,25)(H,26,27). The van der Waals surface area contributed by atoms with E-state index < -0.39 is 0 Å². The summed E-state index contributed by atoms with van der Waals surface area (Å²) >= 11 is 0. The third-order valence-corrected chi connectivity index (χ3v) is 5.29. The van der Waals surface area contributed by atoms with Gasteiger partial charge in [0, 0.05) is 23.5 Å². The first kappa shape index (κ1) is 19.1. The van der Waals surface area contributed by atoms with Gasteiger partial charge in [-0.2, -0.15) is 5.10 Å². The summed E-state index contributed by atoms with van der Waals surface area (Å²) in [6.07, 6.45) is 2.13. The van der Waals surface area contributed by atoms with Crippen LogP contribution in [0.5, 0.6) is 0 Å². The summed E-state index contributed by atoms with van der Waals surface area (Å²) in [6.45, 7) is 2.78. The molecule has 0 aliphatic rings. The first-order valence-corrected chi connectivity index (χ1v) is 9.94. The van der Waals surface area contributed by atoms with Crippen LogP contribution in [0.2, 0.25) is 0 Å². The Morgan fingerprint density at radius 3 is 2.76 bits per heavy atom. The molecule has 0 radical (unpaired) electrons. The predicted octanol–water partition coefficient (Wildman–Crippen LogP) is 3.57. The lowest BCUT2D eigenvalue weighted by Gasteiger charge is -2.24. The number of nitrogens with zero attached hydrogens (tertiary/aromatic N) is 3. The molecule has 150 valence electrons. The zero-order chi connectivity index (χ0) is 20.4. The van der Waals surface area contributed by atoms with Gasteiger partial charge < -0.3 is 15.2 Å². The summed E-state index contributed by atoms with van der Waals surface area (Å²) < 4.78 is 0. The number of H-pyrrole nitrogens is 2. The second kappa shape index (κ2) is 8.05. The number of aromatic amines is 2. The summed E-state index contributed by atoms with van der Waals surface area (Å²) in [6, 6.07) is 13.8. The number of carbonyl (C=O) groups is 1. The number of likely N-dealkylation sites (N-methyl/N-ethyl adjacent to an activating group) is 1. The lowest BCUT2D eigenvalue weighted by Crippen LogP contribution is -2.40. The molecular weight excluding hydrogens is 364 g/mol. The fraction of sp³-hybridized carbons (Fsp3) is 0.318. The predicted molar refractivity (Wildman–Crippen MR) is 116 cm³/mol. The van der Waals surface area contributed by atoms with Crippen molar-refractivity contribution in [1.82, 2.24) is 30.4 Å². The molecule has 29 heavy (non-hydrogen) atoms. The molecule has 0 saturated heterocycles. The molecule has 1 amide bonds. The third-order valence-electron chi connectivity index (χ3n) is 5.29. The van der Waals surface area contributed by atoms with E-state index in [-0.39, 0.29) is 5.91 Å². The smallest absolute Gasteiger partial charge is 0.251 e. The molecule has 2 heterocycles. The van der Waals surface area contributed by atoms with E-state index in [2.05, 4.69) is 37.3 Å². The number of aromatic nitrogens is 4. The van der Waals surface area contributed by atoms with Gasteiger partial charge in [-0.15, -0.1) is 0 Å². The second-order valence-electron chi connectivity index (χ2n) is 7.55. The Bertz CT molecular complexity index is 1110. The van der Waals surface area contributed by atoms with Crippen LogP contribution in [0.4, 0.5) is 0 Å². The van der Waals surface area contributed by atoms with E-state index in [9.17, 15) is 4.79 Å². The van der Waals surface area contributed by atoms with Gasteiger partial charge in [0.25, 0.3) is 5.91 Å². The lowest BCUT2D eigenvalue weighted by atomic mass is 10.1. The Morgan fingerprint density at radius 2 is 2.00 bits per heavy atom. The van der Waals surface area contributed by atoms with E-state index in [1.54, 1.807) is 0 Å². The first-order valence-electron chi connectivity index (χ1n) is 9.94. The van der Waals surface area contributed by atoms with Crippen molar-refractivity contribution in [3.05, 3.63) is 48.0 Å². The van der Waals surface area contributed by atoms with Gasteiger partial charge in [-0.1, -0.05) is 25.5 Å². The van der Waals surface area contributed by atoms with Crippen molar-refractivity contribution in [3.63, 3.8) is 0 Å². The SMILES string of the molecule is CCCC(CNC(=O)c1ccc2[nH]nc(-c3nc4ccccc4[nH]3)c2c1)N(C)C. The quantitative estimate of drug-likeness (QED) is 0.450. The van der Waals surface area contributed by atoms with E-state index in [0.717, 1.165) is 34.8 Å². The summed E-state index contributed by atoms with van der Waals surface area (Å²) in [7, 11) is 4.09. The number of amides is 1. The normalized spacial score (nSPS) is 12.7. The van der Waals surface area contributed by atoms with Crippen molar-refractivity contribution >= 4 is 27.8 Å². The molecule has 0 fully saturated rings. The van der Waals surface area contributed by atoms with Gasteiger partial charge in [0.05, 0.1) is 16.6 Å². The molecule has 4 rings (SSSR count). The average Bonchev–Trinajstić information content (AvgIpc) is 3.33. The van der Waals surface area contributed by atoms with Crippen LogP contribution in [0.1, 0.15) is 30.1 Å². The molecule has 0 spiro atoms.